The van der Waals surface area contributed by atoms with Crippen LogP contribution in [0.2, 0.25) is 0 Å². The molecule has 9 heteroatoms. The van der Waals surface area contributed by atoms with E-state index in [9.17, 15) is 9.59 Å². The maximum Gasteiger partial charge on any atom is 0.322 e. The molecule has 1 fully saturated rings. The minimum atomic E-state index is -1.15. The summed E-state index contributed by atoms with van der Waals surface area (Å²) in [6, 6.07) is 7.92. The van der Waals surface area contributed by atoms with E-state index in [1.165, 1.54) is 0 Å². The van der Waals surface area contributed by atoms with Gasteiger partial charge in [0.05, 0.1) is 0 Å². The number of nitrogens with zero attached hydrogens (tertiary/aromatic N) is 4. The van der Waals surface area contributed by atoms with Crippen molar-refractivity contribution in [3.8, 4) is 0 Å². The van der Waals surface area contributed by atoms with Crippen molar-refractivity contribution in [3.63, 3.8) is 0 Å². The van der Waals surface area contributed by atoms with Crippen LogP contribution < -0.4 is 20.9 Å². The molecule has 1 aromatic heterocycles. The van der Waals surface area contributed by atoms with Crippen LogP contribution in [-0.4, -0.2) is 65.7 Å². The van der Waals surface area contributed by atoms with Crippen LogP contribution in [0.5, 0.6) is 0 Å². The molecule has 1 amide bonds. The highest BCUT2D eigenvalue weighted by Gasteiger charge is 2.19. The zero-order valence-corrected chi connectivity index (χ0v) is 14.8. The van der Waals surface area contributed by atoms with Crippen LogP contribution in [-0.2, 0) is 4.79 Å². The van der Waals surface area contributed by atoms with Gasteiger partial charge in [0.15, 0.2) is 0 Å². The third-order valence-electron chi connectivity index (χ3n) is 4.41. The fourth-order valence-electron chi connectivity index (χ4n) is 2.83. The molecule has 0 saturated carbocycles. The van der Waals surface area contributed by atoms with Crippen LogP contribution >= 0.6 is 0 Å². The van der Waals surface area contributed by atoms with E-state index in [1.54, 1.807) is 30.6 Å². The second-order valence-electron chi connectivity index (χ2n) is 6.22. The summed E-state index contributed by atoms with van der Waals surface area (Å²) in [6.07, 6.45) is 3.48. The van der Waals surface area contributed by atoms with Crippen LogP contribution in [0.25, 0.3) is 0 Å². The Morgan fingerprint density at radius 2 is 1.67 bits per heavy atom. The fourth-order valence-corrected chi connectivity index (χ4v) is 2.83. The lowest BCUT2D eigenvalue weighted by molar-refractivity contribution is -0.138. The Bertz CT molecular complexity index is 775. The molecular weight excluding hydrogens is 348 g/mol. The zero-order chi connectivity index (χ0) is 19.2. The van der Waals surface area contributed by atoms with E-state index in [4.69, 9.17) is 10.8 Å². The van der Waals surface area contributed by atoms with E-state index in [1.807, 2.05) is 12.1 Å². The van der Waals surface area contributed by atoms with Gasteiger partial charge in [-0.05, 0) is 30.3 Å². The van der Waals surface area contributed by atoms with E-state index in [0.29, 0.717) is 5.56 Å². The molecule has 1 aliphatic heterocycles. The molecule has 0 spiro atoms. The zero-order valence-electron chi connectivity index (χ0n) is 14.8. The number of carbonyl (C=O) groups excluding carboxylic acids is 1. The lowest BCUT2D eigenvalue weighted by Gasteiger charge is -2.36. The summed E-state index contributed by atoms with van der Waals surface area (Å²) in [7, 11) is 0. The van der Waals surface area contributed by atoms with E-state index >= 15 is 0 Å². The number of anilines is 2. The summed E-state index contributed by atoms with van der Waals surface area (Å²) in [5.74, 6) is -0.751. The van der Waals surface area contributed by atoms with E-state index in [2.05, 4.69) is 25.1 Å². The van der Waals surface area contributed by atoms with Gasteiger partial charge in [-0.15, -0.1) is 0 Å². The van der Waals surface area contributed by atoms with Gasteiger partial charge >= 0.3 is 5.97 Å². The number of hydrogen-bond donors (Lipinski definition) is 3. The molecule has 2 aromatic rings. The fraction of sp³-hybridized carbons (Fsp3) is 0.333. The summed E-state index contributed by atoms with van der Waals surface area (Å²) < 4.78 is 0. The molecule has 1 saturated heterocycles. The van der Waals surface area contributed by atoms with Crippen molar-refractivity contribution in [2.75, 3.05) is 42.5 Å². The van der Waals surface area contributed by atoms with Gasteiger partial charge in [-0.1, -0.05) is 0 Å². The first-order valence-corrected chi connectivity index (χ1v) is 8.68. The standard InChI is InChI=1S/C18H22N6O3/c19-15(17(26)27)12-22-16(25)13-2-4-14(5-3-13)23-8-10-24(11-9-23)18-20-6-1-7-21-18/h1-7,15H,8-12,19H2,(H,22,25)(H,26,27)/t15-/m0/s1. The second kappa shape index (κ2) is 8.45. The normalized spacial score (nSPS) is 15.3. The monoisotopic (exact) mass is 370 g/mol. The number of nitrogens with two attached hydrogens (primary N) is 1. The molecule has 0 radical (unpaired) electrons. The third-order valence-corrected chi connectivity index (χ3v) is 4.41. The molecule has 0 aliphatic carbocycles. The number of aromatic nitrogens is 2. The smallest absolute Gasteiger partial charge is 0.322 e. The highest BCUT2D eigenvalue weighted by atomic mass is 16.4. The molecule has 3 rings (SSSR count). The number of piperazine rings is 1. The Kier molecular flexibility index (Phi) is 5.82. The van der Waals surface area contributed by atoms with Gasteiger partial charge in [0.2, 0.25) is 5.95 Å². The predicted octanol–water partition coefficient (Wildman–Crippen LogP) is -0.0551. The summed E-state index contributed by atoms with van der Waals surface area (Å²) in [6.45, 7) is 3.19. The number of rotatable bonds is 6. The summed E-state index contributed by atoms with van der Waals surface area (Å²) in [5, 5.41) is 11.3. The first-order chi connectivity index (χ1) is 13.0. The summed E-state index contributed by atoms with van der Waals surface area (Å²) in [5.41, 5.74) is 6.88. The van der Waals surface area contributed by atoms with Gasteiger partial charge in [-0.25, -0.2) is 9.97 Å². The lowest BCUT2D eigenvalue weighted by atomic mass is 10.1. The molecule has 27 heavy (non-hydrogen) atoms. The molecule has 0 bridgehead atoms. The Hall–Kier alpha value is -3.20. The topological polar surface area (TPSA) is 125 Å². The molecule has 4 N–H and O–H groups in total. The Morgan fingerprint density at radius 1 is 1.07 bits per heavy atom. The first kappa shape index (κ1) is 18.6. The van der Waals surface area contributed by atoms with E-state index in [0.717, 1.165) is 37.8 Å². The lowest BCUT2D eigenvalue weighted by Crippen LogP contribution is -2.47. The molecule has 2 heterocycles. The number of carbonyl (C=O) groups is 2. The van der Waals surface area contributed by atoms with Crippen LogP contribution in [0.15, 0.2) is 42.7 Å². The van der Waals surface area contributed by atoms with Gasteiger partial charge in [0.25, 0.3) is 5.91 Å². The number of nitrogens with one attached hydrogen (secondary N) is 1. The highest BCUT2D eigenvalue weighted by Crippen LogP contribution is 2.19. The van der Waals surface area contributed by atoms with Gasteiger partial charge < -0.3 is 26.0 Å². The maximum absolute atomic E-state index is 12.1. The minimum Gasteiger partial charge on any atom is -0.480 e. The Balaban J connectivity index is 1.53. The molecule has 9 nitrogen and oxygen atoms in total. The maximum atomic E-state index is 12.1. The van der Waals surface area contributed by atoms with Crippen molar-refractivity contribution in [1.82, 2.24) is 15.3 Å². The molecular formula is C18H22N6O3. The molecule has 1 atom stereocenters. The van der Waals surface area contributed by atoms with Crippen LogP contribution in [0.4, 0.5) is 11.6 Å². The average molecular weight is 370 g/mol. The largest absolute Gasteiger partial charge is 0.480 e. The first-order valence-electron chi connectivity index (χ1n) is 8.68. The van der Waals surface area contributed by atoms with E-state index in [-0.39, 0.29) is 12.5 Å². The minimum absolute atomic E-state index is 0.112. The predicted molar refractivity (Wildman–Crippen MR) is 101 cm³/mol. The quantitative estimate of drug-likeness (QED) is 0.646. The van der Waals surface area contributed by atoms with Gasteiger partial charge in [0.1, 0.15) is 6.04 Å². The van der Waals surface area contributed by atoms with Crippen molar-refractivity contribution >= 4 is 23.5 Å². The van der Waals surface area contributed by atoms with Crippen molar-refractivity contribution in [1.29, 1.82) is 0 Å². The number of benzene rings is 1. The number of carboxylic acid groups (broad SMARTS) is 1. The number of carboxylic acids is 1. The number of hydrogen-bond acceptors (Lipinski definition) is 7. The SMILES string of the molecule is N[C@@H](CNC(=O)c1ccc(N2CCN(c3ncccn3)CC2)cc1)C(=O)O. The third kappa shape index (κ3) is 4.70. The number of aliphatic carboxylic acids is 1. The van der Waals surface area contributed by atoms with Gasteiger partial charge in [0, 0.05) is 56.4 Å². The van der Waals surface area contributed by atoms with Gasteiger partial charge in [-0.3, -0.25) is 9.59 Å². The second-order valence-corrected chi connectivity index (χ2v) is 6.22. The number of amides is 1. The highest BCUT2D eigenvalue weighted by molar-refractivity contribution is 5.94. The van der Waals surface area contributed by atoms with E-state index < -0.39 is 12.0 Å². The van der Waals surface area contributed by atoms with Crippen molar-refractivity contribution in [3.05, 3.63) is 48.3 Å². The van der Waals surface area contributed by atoms with Crippen LogP contribution in [0, 0.1) is 0 Å². The van der Waals surface area contributed by atoms with Crippen LogP contribution in [0.3, 0.4) is 0 Å². The van der Waals surface area contributed by atoms with Crippen LogP contribution in [0.1, 0.15) is 10.4 Å². The van der Waals surface area contributed by atoms with Crippen molar-refractivity contribution < 1.29 is 14.7 Å². The molecule has 1 aromatic carbocycles. The molecule has 1 aliphatic rings. The van der Waals surface area contributed by atoms with Gasteiger partial charge in [-0.2, -0.15) is 0 Å². The summed E-state index contributed by atoms with van der Waals surface area (Å²) >= 11 is 0. The summed E-state index contributed by atoms with van der Waals surface area (Å²) in [4.78, 5) is 35.7. The van der Waals surface area contributed by atoms with Crippen molar-refractivity contribution in [2.45, 2.75) is 6.04 Å². The molecule has 0 unspecified atom stereocenters. The Morgan fingerprint density at radius 3 is 2.26 bits per heavy atom. The van der Waals surface area contributed by atoms with Crippen molar-refractivity contribution in [2.24, 2.45) is 5.73 Å². The average Bonchev–Trinajstić information content (AvgIpc) is 2.72. The molecule has 142 valence electrons. The Labute approximate surface area is 156 Å².